The maximum Gasteiger partial charge on any atom is 0.246 e. The molecule has 7 nitrogen and oxygen atoms in total. The number of sulfonamides is 1. The van der Waals surface area contributed by atoms with Crippen LogP contribution in [0.15, 0.2) is 29.2 Å². The molecule has 2 aliphatic rings. The van der Waals surface area contributed by atoms with E-state index in [9.17, 15) is 17.6 Å². The Morgan fingerprint density at radius 3 is 2.67 bits per heavy atom. The van der Waals surface area contributed by atoms with Crippen molar-refractivity contribution in [1.82, 2.24) is 14.1 Å². The molecule has 9 heteroatoms. The number of benzene rings is 1. The molecule has 0 saturated carbocycles. The Morgan fingerprint density at radius 2 is 1.93 bits per heavy atom. The zero-order valence-electron chi connectivity index (χ0n) is 15.5. The van der Waals surface area contributed by atoms with Gasteiger partial charge in [0.05, 0.1) is 12.6 Å². The fraction of sp³-hybridized carbons (Fsp3) is 0.611. The summed E-state index contributed by atoms with van der Waals surface area (Å²) in [6.45, 7) is 3.46. The summed E-state index contributed by atoms with van der Waals surface area (Å²) in [7, 11) is -2.27. The summed E-state index contributed by atoms with van der Waals surface area (Å²) in [5.74, 6) is -0.657. The number of hydrogen-bond acceptors (Lipinski definition) is 5. The first-order valence-electron chi connectivity index (χ1n) is 9.21. The normalized spacial score (nSPS) is 23.0. The lowest BCUT2D eigenvalue weighted by atomic mass is 10.2. The van der Waals surface area contributed by atoms with Crippen LogP contribution in [0.4, 0.5) is 4.39 Å². The molecule has 1 aromatic rings. The van der Waals surface area contributed by atoms with Gasteiger partial charge in [0.1, 0.15) is 10.7 Å². The first kappa shape index (κ1) is 20.2. The molecule has 0 N–H and O–H groups in total. The molecule has 2 heterocycles. The zero-order valence-corrected chi connectivity index (χ0v) is 16.3. The van der Waals surface area contributed by atoms with Gasteiger partial charge in [-0.25, -0.2) is 12.8 Å². The summed E-state index contributed by atoms with van der Waals surface area (Å²) in [6, 6.07) is 5.23. The van der Waals surface area contributed by atoms with Crippen molar-refractivity contribution < 1.29 is 22.3 Å². The minimum absolute atomic E-state index is 0.0810. The number of methoxy groups -OCH3 is 1. The maximum absolute atomic E-state index is 14.0. The van der Waals surface area contributed by atoms with E-state index in [1.54, 1.807) is 12.0 Å². The predicted molar refractivity (Wildman–Crippen MR) is 98.2 cm³/mol. The molecule has 0 radical (unpaired) electrons. The number of ether oxygens (including phenoxy) is 1. The monoisotopic (exact) mass is 399 g/mol. The van der Waals surface area contributed by atoms with Crippen molar-refractivity contribution in [2.75, 3.05) is 53.0 Å². The van der Waals surface area contributed by atoms with Crippen LogP contribution < -0.4 is 0 Å². The van der Waals surface area contributed by atoms with Crippen LogP contribution >= 0.6 is 0 Å². The van der Waals surface area contributed by atoms with E-state index in [2.05, 4.69) is 4.90 Å². The van der Waals surface area contributed by atoms with Gasteiger partial charge in [-0.2, -0.15) is 4.31 Å². The van der Waals surface area contributed by atoms with E-state index in [-0.39, 0.29) is 23.4 Å². The third-order valence-corrected chi connectivity index (χ3v) is 7.15. The molecule has 0 unspecified atom stereocenters. The molecule has 0 aliphatic carbocycles. The van der Waals surface area contributed by atoms with Gasteiger partial charge in [-0.3, -0.25) is 9.69 Å². The predicted octanol–water partition coefficient (Wildman–Crippen LogP) is 0.769. The van der Waals surface area contributed by atoms with Gasteiger partial charge >= 0.3 is 0 Å². The number of nitrogens with zero attached hydrogens (tertiary/aromatic N) is 3. The molecule has 2 fully saturated rings. The van der Waals surface area contributed by atoms with E-state index in [4.69, 9.17) is 4.74 Å². The van der Waals surface area contributed by atoms with Gasteiger partial charge in [0.15, 0.2) is 0 Å². The third kappa shape index (κ3) is 4.31. The average Bonchev–Trinajstić information content (AvgIpc) is 2.85. The number of amides is 1. The van der Waals surface area contributed by atoms with Crippen LogP contribution in [0.2, 0.25) is 0 Å². The Balaban J connectivity index is 1.66. The highest BCUT2D eigenvalue weighted by Gasteiger charge is 2.37. The van der Waals surface area contributed by atoms with Gasteiger partial charge in [-0.15, -0.1) is 0 Å². The van der Waals surface area contributed by atoms with Crippen LogP contribution in [0, 0.1) is 5.82 Å². The van der Waals surface area contributed by atoms with Gasteiger partial charge in [0.2, 0.25) is 15.9 Å². The van der Waals surface area contributed by atoms with E-state index in [1.807, 2.05) is 0 Å². The molecule has 1 amide bonds. The first-order chi connectivity index (χ1) is 12.9. The molecule has 2 aliphatic heterocycles. The second-order valence-electron chi connectivity index (χ2n) is 6.85. The van der Waals surface area contributed by atoms with Crippen LogP contribution in [0.1, 0.15) is 12.8 Å². The first-order valence-corrected chi connectivity index (χ1v) is 10.7. The van der Waals surface area contributed by atoms with E-state index in [0.717, 1.165) is 12.5 Å². The van der Waals surface area contributed by atoms with Crippen LogP contribution in [-0.4, -0.2) is 87.5 Å². The van der Waals surface area contributed by atoms with Crippen molar-refractivity contribution in [2.24, 2.45) is 0 Å². The van der Waals surface area contributed by atoms with Crippen molar-refractivity contribution in [3.63, 3.8) is 0 Å². The Bertz CT molecular complexity index is 774. The topological polar surface area (TPSA) is 70.2 Å². The third-order valence-electron chi connectivity index (χ3n) is 5.22. The number of likely N-dealkylation sites (tertiary alicyclic amines) is 1. The number of carbonyl (C=O) groups is 1. The Kier molecular flexibility index (Phi) is 6.46. The van der Waals surface area contributed by atoms with Gasteiger partial charge < -0.3 is 9.64 Å². The summed E-state index contributed by atoms with van der Waals surface area (Å²) in [6.07, 6.45) is 1.35. The van der Waals surface area contributed by atoms with E-state index in [0.29, 0.717) is 45.8 Å². The quantitative estimate of drug-likeness (QED) is 0.707. The summed E-state index contributed by atoms with van der Waals surface area (Å²) in [5, 5.41) is 0. The van der Waals surface area contributed by atoms with Crippen molar-refractivity contribution in [1.29, 1.82) is 0 Å². The van der Waals surface area contributed by atoms with Gasteiger partial charge in [-0.1, -0.05) is 12.1 Å². The standard InChI is InChI=1S/C18H26FN3O4S/c1-26-14-13-21-10-7-16(18(21)23)20-8-4-9-22(12-11-20)27(24,25)17-6-3-2-5-15(17)19/h2-3,5-6,16H,4,7-14H2,1H3/t16-/m0/s1. The molecule has 0 aromatic heterocycles. The number of hydrogen-bond donors (Lipinski definition) is 0. The van der Waals surface area contributed by atoms with Crippen molar-refractivity contribution in [3.05, 3.63) is 30.1 Å². The van der Waals surface area contributed by atoms with E-state index < -0.39 is 15.8 Å². The van der Waals surface area contributed by atoms with E-state index >= 15 is 0 Å². The molecular formula is C18H26FN3O4S. The SMILES string of the molecule is COCCN1CC[C@H](N2CCCN(S(=O)(=O)c3ccccc3F)CC2)C1=O. The number of carbonyl (C=O) groups excluding carboxylic acids is 1. The van der Waals surface area contributed by atoms with Gasteiger partial charge in [0, 0.05) is 46.4 Å². The summed E-state index contributed by atoms with van der Waals surface area (Å²) in [5.41, 5.74) is 0. The largest absolute Gasteiger partial charge is 0.383 e. The second-order valence-corrected chi connectivity index (χ2v) is 8.75. The number of halogens is 1. The summed E-state index contributed by atoms with van der Waals surface area (Å²) >= 11 is 0. The van der Waals surface area contributed by atoms with Gasteiger partial charge in [-0.05, 0) is 25.0 Å². The molecule has 0 spiro atoms. The summed E-state index contributed by atoms with van der Waals surface area (Å²) < 4.78 is 46.0. The molecule has 27 heavy (non-hydrogen) atoms. The Hall–Kier alpha value is -1.55. The van der Waals surface area contributed by atoms with Gasteiger partial charge in [0.25, 0.3) is 0 Å². The molecule has 3 rings (SSSR count). The van der Waals surface area contributed by atoms with Crippen molar-refractivity contribution in [3.8, 4) is 0 Å². The molecule has 150 valence electrons. The lowest BCUT2D eigenvalue weighted by molar-refractivity contribution is -0.132. The fourth-order valence-electron chi connectivity index (χ4n) is 3.74. The Morgan fingerprint density at radius 1 is 1.15 bits per heavy atom. The molecule has 2 saturated heterocycles. The van der Waals surface area contributed by atoms with Crippen LogP contribution in [-0.2, 0) is 19.6 Å². The van der Waals surface area contributed by atoms with Crippen molar-refractivity contribution in [2.45, 2.75) is 23.8 Å². The zero-order chi connectivity index (χ0) is 19.4. The molecule has 1 atom stereocenters. The molecule has 1 aromatic carbocycles. The highest BCUT2D eigenvalue weighted by Crippen LogP contribution is 2.23. The minimum atomic E-state index is -3.88. The highest BCUT2D eigenvalue weighted by molar-refractivity contribution is 7.89. The second kappa shape index (κ2) is 8.64. The maximum atomic E-state index is 14.0. The highest BCUT2D eigenvalue weighted by atomic mass is 32.2. The van der Waals surface area contributed by atoms with Crippen LogP contribution in [0.5, 0.6) is 0 Å². The van der Waals surface area contributed by atoms with Crippen LogP contribution in [0.3, 0.4) is 0 Å². The smallest absolute Gasteiger partial charge is 0.246 e. The number of rotatable bonds is 6. The lowest BCUT2D eigenvalue weighted by Gasteiger charge is -2.26. The van der Waals surface area contributed by atoms with Crippen LogP contribution in [0.25, 0.3) is 0 Å². The molecular weight excluding hydrogens is 373 g/mol. The fourth-order valence-corrected chi connectivity index (χ4v) is 5.28. The lowest BCUT2D eigenvalue weighted by Crippen LogP contribution is -2.44. The average molecular weight is 399 g/mol. The molecule has 0 bridgehead atoms. The summed E-state index contributed by atoms with van der Waals surface area (Å²) in [4.78, 5) is 16.2. The minimum Gasteiger partial charge on any atom is -0.383 e. The van der Waals surface area contributed by atoms with Crippen molar-refractivity contribution >= 4 is 15.9 Å². The van der Waals surface area contributed by atoms with E-state index in [1.165, 1.54) is 22.5 Å². The Labute approximate surface area is 159 Å².